The minimum Gasteiger partial charge on any atom is -0.192 e. The standard InChI is InChI=1S/C9H7ClIN/c1-6-2-7(5-12)8(4-10)9(11)3-6/h2-3H,4H2,1H3. The lowest BCUT2D eigenvalue weighted by Gasteiger charge is -2.03. The fourth-order valence-corrected chi connectivity index (χ4v) is 2.49. The Morgan fingerprint density at radius 3 is 2.75 bits per heavy atom. The van der Waals surface area contributed by atoms with Gasteiger partial charge in [-0.15, -0.1) is 11.6 Å². The number of halogens is 2. The van der Waals surface area contributed by atoms with E-state index in [2.05, 4.69) is 28.7 Å². The van der Waals surface area contributed by atoms with Crippen molar-refractivity contribution in [3.8, 4) is 6.07 Å². The topological polar surface area (TPSA) is 23.8 Å². The lowest BCUT2D eigenvalue weighted by atomic mass is 10.1. The van der Waals surface area contributed by atoms with Crippen LogP contribution in [0.3, 0.4) is 0 Å². The van der Waals surface area contributed by atoms with Gasteiger partial charge >= 0.3 is 0 Å². The second-order valence-corrected chi connectivity index (χ2v) is 3.95. The molecule has 0 bridgehead atoms. The van der Waals surface area contributed by atoms with E-state index in [1.165, 1.54) is 0 Å². The van der Waals surface area contributed by atoms with Gasteiger partial charge in [-0.2, -0.15) is 5.26 Å². The Balaban J connectivity index is 3.36. The summed E-state index contributed by atoms with van der Waals surface area (Å²) < 4.78 is 1.07. The normalized spacial score (nSPS) is 9.50. The van der Waals surface area contributed by atoms with Crippen LogP contribution >= 0.6 is 34.2 Å². The Morgan fingerprint density at radius 1 is 1.58 bits per heavy atom. The molecule has 0 fully saturated rings. The van der Waals surface area contributed by atoms with Crippen molar-refractivity contribution in [2.45, 2.75) is 12.8 Å². The molecule has 0 amide bonds. The first-order chi connectivity index (χ1) is 5.69. The Kier molecular flexibility index (Phi) is 3.36. The summed E-state index contributed by atoms with van der Waals surface area (Å²) >= 11 is 7.91. The molecule has 1 nitrogen and oxygen atoms in total. The summed E-state index contributed by atoms with van der Waals surface area (Å²) in [4.78, 5) is 0. The molecule has 0 aliphatic rings. The molecule has 3 heteroatoms. The van der Waals surface area contributed by atoms with Crippen LogP contribution in [0.1, 0.15) is 16.7 Å². The first-order valence-electron chi connectivity index (χ1n) is 3.44. The Labute approximate surface area is 90.5 Å². The third-order valence-electron chi connectivity index (χ3n) is 1.59. The molecule has 1 rings (SSSR count). The summed E-state index contributed by atoms with van der Waals surface area (Å²) in [6.07, 6.45) is 0. The van der Waals surface area contributed by atoms with Crippen molar-refractivity contribution >= 4 is 34.2 Å². The van der Waals surface area contributed by atoms with Crippen molar-refractivity contribution in [3.05, 3.63) is 32.4 Å². The lowest BCUT2D eigenvalue weighted by Crippen LogP contribution is -1.91. The Hall–Kier alpha value is -0.270. The maximum absolute atomic E-state index is 8.79. The number of nitriles is 1. The molecule has 0 spiro atoms. The first-order valence-corrected chi connectivity index (χ1v) is 5.05. The Bertz CT molecular complexity index is 341. The number of nitrogens with zero attached hydrogens (tertiary/aromatic N) is 1. The van der Waals surface area contributed by atoms with E-state index < -0.39 is 0 Å². The van der Waals surface area contributed by atoms with Crippen molar-refractivity contribution in [2.24, 2.45) is 0 Å². The molecule has 0 aliphatic carbocycles. The van der Waals surface area contributed by atoms with Gasteiger partial charge in [0.1, 0.15) is 0 Å². The van der Waals surface area contributed by atoms with Gasteiger partial charge in [-0.1, -0.05) is 0 Å². The van der Waals surface area contributed by atoms with Crippen LogP contribution in [0, 0.1) is 21.8 Å². The predicted molar refractivity (Wildman–Crippen MR) is 58.2 cm³/mol. The molecule has 12 heavy (non-hydrogen) atoms. The zero-order chi connectivity index (χ0) is 9.14. The van der Waals surface area contributed by atoms with Gasteiger partial charge in [-0.3, -0.25) is 0 Å². The highest BCUT2D eigenvalue weighted by molar-refractivity contribution is 14.1. The van der Waals surface area contributed by atoms with Crippen LogP contribution in [-0.4, -0.2) is 0 Å². The zero-order valence-corrected chi connectivity index (χ0v) is 9.48. The van der Waals surface area contributed by atoms with Crippen molar-refractivity contribution in [2.75, 3.05) is 0 Å². The van der Waals surface area contributed by atoms with Crippen LogP contribution in [0.4, 0.5) is 0 Å². The van der Waals surface area contributed by atoms with E-state index in [0.29, 0.717) is 11.4 Å². The van der Waals surface area contributed by atoms with Gasteiger partial charge in [0.15, 0.2) is 0 Å². The van der Waals surface area contributed by atoms with E-state index in [9.17, 15) is 0 Å². The smallest absolute Gasteiger partial charge is 0.0995 e. The summed E-state index contributed by atoms with van der Waals surface area (Å²) in [5, 5.41) is 8.79. The van der Waals surface area contributed by atoms with E-state index in [-0.39, 0.29) is 0 Å². The second kappa shape index (κ2) is 4.11. The Morgan fingerprint density at radius 2 is 2.25 bits per heavy atom. The van der Waals surface area contributed by atoms with Crippen LogP contribution in [0.15, 0.2) is 12.1 Å². The molecule has 0 heterocycles. The first kappa shape index (κ1) is 9.82. The molecule has 1 aromatic rings. The maximum Gasteiger partial charge on any atom is 0.0995 e. The summed E-state index contributed by atoms with van der Waals surface area (Å²) in [5.41, 5.74) is 2.73. The molecule has 0 radical (unpaired) electrons. The lowest BCUT2D eigenvalue weighted by molar-refractivity contribution is 1.29. The van der Waals surface area contributed by atoms with Gasteiger partial charge in [-0.25, -0.2) is 0 Å². The SMILES string of the molecule is Cc1cc(I)c(CCl)c(C#N)c1. The van der Waals surface area contributed by atoms with Crippen LogP contribution in [0.25, 0.3) is 0 Å². The van der Waals surface area contributed by atoms with E-state index in [1.807, 2.05) is 19.1 Å². The quantitative estimate of drug-likeness (QED) is 0.576. The monoisotopic (exact) mass is 291 g/mol. The average Bonchev–Trinajstić information content (AvgIpc) is 2.03. The van der Waals surface area contributed by atoms with E-state index >= 15 is 0 Å². The molecular formula is C9H7ClIN. The van der Waals surface area contributed by atoms with Gasteiger partial charge in [0, 0.05) is 9.45 Å². The minimum atomic E-state index is 0.404. The predicted octanol–water partition coefficient (Wildman–Crippen LogP) is 3.21. The van der Waals surface area contributed by atoms with E-state index in [1.54, 1.807) is 0 Å². The van der Waals surface area contributed by atoms with Gasteiger partial charge in [0.05, 0.1) is 11.6 Å². The molecule has 0 aromatic heterocycles. The van der Waals surface area contributed by atoms with Gasteiger partial charge in [-0.05, 0) is 52.8 Å². The van der Waals surface area contributed by atoms with Crippen molar-refractivity contribution < 1.29 is 0 Å². The van der Waals surface area contributed by atoms with Gasteiger partial charge < -0.3 is 0 Å². The summed E-state index contributed by atoms with van der Waals surface area (Å²) in [5.74, 6) is 0.404. The van der Waals surface area contributed by atoms with Crippen LogP contribution in [0.2, 0.25) is 0 Å². The molecular weight excluding hydrogens is 284 g/mol. The van der Waals surface area contributed by atoms with Crippen molar-refractivity contribution in [3.63, 3.8) is 0 Å². The zero-order valence-electron chi connectivity index (χ0n) is 6.56. The molecule has 0 aliphatic heterocycles. The summed E-state index contributed by atoms with van der Waals surface area (Å²) in [6.45, 7) is 1.97. The maximum atomic E-state index is 8.79. The fourth-order valence-electron chi connectivity index (χ4n) is 1.01. The number of rotatable bonds is 1. The van der Waals surface area contributed by atoms with Gasteiger partial charge in [0.25, 0.3) is 0 Å². The summed E-state index contributed by atoms with van der Waals surface area (Å²) in [6, 6.07) is 6.03. The van der Waals surface area contributed by atoms with E-state index in [0.717, 1.165) is 14.7 Å². The third kappa shape index (κ3) is 1.90. The largest absolute Gasteiger partial charge is 0.192 e. The highest BCUT2D eigenvalue weighted by Crippen LogP contribution is 2.20. The number of aryl methyl sites for hydroxylation is 1. The molecule has 62 valence electrons. The van der Waals surface area contributed by atoms with Crippen molar-refractivity contribution in [1.29, 1.82) is 5.26 Å². The number of hydrogen-bond acceptors (Lipinski definition) is 1. The molecule has 1 aromatic carbocycles. The minimum absolute atomic E-state index is 0.404. The third-order valence-corrected chi connectivity index (χ3v) is 2.82. The number of hydrogen-bond donors (Lipinski definition) is 0. The molecule has 0 saturated heterocycles. The fraction of sp³-hybridized carbons (Fsp3) is 0.222. The molecule has 0 unspecified atom stereocenters. The number of benzene rings is 1. The highest BCUT2D eigenvalue weighted by atomic mass is 127. The van der Waals surface area contributed by atoms with E-state index in [4.69, 9.17) is 16.9 Å². The summed E-state index contributed by atoms with van der Waals surface area (Å²) in [7, 11) is 0. The van der Waals surface area contributed by atoms with Crippen LogP contribution in [0.5, 0.6) is 0 Å². The van der Waals surface area contributed by atoms with Crippen LogP contribution < -0.4 is 0 Å². The molecule has 0 N–H and O–H groups in total. The molecule has 0 atom stereocenters. The second-order valence-electron chi connectivity index (χ2n) is 2.52. The van der Waals surface area contributed by atoms with Crippen molar-refractivity contribution in [1.82, 2.24) is 0 Å². The number of alkyl halides is 1. The highest BCUT2D eigenvalue weighted by Gasteiger charge is 2.05. The molecule has 0 saturated carbocycles. The average molecular weight is 292 g/mol. The van der Waals surface area contributed by atoms with Gasteiger partial charge in [0.2, 0.25) is 0 Å². The van der Waals surface area contributed by atoms with Crippen LogP contribution in [-0.2, 0) is 5.88 Å².